The van der Waals surface area contributed by atoms with E-state index in [2.05, 4.69) is 64.6 Å². The summed E-state index contributed by atoms with van der Waals surface area (Å²) in [6.07, 6.45) is 5.35. The molecule has 22 heavy (non-hydrogen) atoms. The molecule has 0 aromatic heterocycles. The maximum atomic E-state index is 6.24. The number of hydrogen-bond donors (Lipinski definition) is 0. The summed E-state index contributed by atoms with van der Waals surface area (Å²) in [5.41, 5.74) is 1.36. The van der Waals surface area contributed by atoms with Crippen LogP contribution in [0.3, 0.4) is 0 Å². The number of hydrogen-bond acceptors (Lipinski definition) is 2. The molecule has 1 fully saturated rings. The van der Waals surface area contributed by atoms with E-state index in [1.165, 1.54) is 5.56 Å². The first-order valence-corrected chi connectivity index (χ1v) is 8.37. The monoisotopic (exact) mass is 302 g/mol. The molecular weight excluding hydrogens is 272 g/mol. The van der Waals surface area contributed by atoms with E-state index < -0.39 is 0 Å². The third-order valence-corrected chi connectivity index (χ3v) is 4.37. The van der Waals surface area contributed by atoms with Crippen molar-refractivity contribution in [1.82, 2.24) is 0 Å². The molecule has 2 nitrogen and oxygen atoms in total. The number of rotatable bonds is 5. The van der Waals surface area contributed by atoms with Crippen molar-refractivity contribution >= 4 is 0 Å². The second-order valence-corrected chi connectivity index (χ2v) is 7.49. The molecule has 2 heteroatoms. The zero-order chi connectivity index (χ0) is 16.2. The summed E-state index contributed by atoms with van der Waals surface area (Å²) in [6, 6.07) is 10.6. The fourth-order valence-electron chi connectivity index (χ4n) is 2.79. The normalized spacial score (nSPS) is 27.4. The van der Waals surface area contributed by atoms with Crippen LogP contribution in [-0.4, -0.2) is 18.5 Å². The molecule has 0 amide bonds. The Morgan fingerprint density at radius 3 is 2.50 bits per heavy atom. The standard InChI is InChI=1S/C20H30O2/c1-6-15(2)18-14-17(21-19(22-18)20(3,4)5)13-12-16-10-8-7-9-11-16/h6-11,15,17-19H,1,12-14H2,2-5H3/t15?,17-,18+,19-/m0/s1. The SMILES string of the molecule is C=CC(C)[C@H]1C[C@H](CCc2ccccc2)O[C@H](C(C)(C)C)O1. The Hall–Kier alpha value is -1.12. The van der Waals surface area contributed by atoms with Gasteiger partial charge >= 0.3 is 0 Å². The average molecular weight is 302 g/mol. The first kappa shape index (κ1) is 17.2. The van der Waals surface area contributed by atoms with Crippen LogP contribution in [-0.2, 0) is 15.9 Å². The molecular formula is C20H30O2. The van der Waals surface area contributed by atoms with Crippen LogP contribution in [0.15, 0.2) is 43.0 Å². The fourth-order valence-corrected chi connectivity index (χ4v) is 2.79. The highest BCUT2D eigenvalue weighted by atomic mass is 16.7. The quantitative estimate of drug-likeness (QED) is 0.714. The second-order valence-electron chi connectivity index (χ2n) is 7.49. The summed E-state index contributed by atoms with van der Waals surface area (Å²) < 4.78 is 12.4. The molecule has 1 heterocycles. The van der Waals surface area contributed by atoms with E-state index in [-0.39, 0.29) is 23.9 Å². The van der Waals surface area contributed by atoms with Crippen molar-refractivity contribution in [2.75, 3.05) is 0 Å². The minimum atomic E-state index is -0.144. The fraction of sp³-hybridized carbons (Fsp3) is 0.600. The summed E-state index contributed by atoms with van der Waals surface area (Å²) >= 11 is 0. The van der Waals surface area contributed by atoms with E-state index in [9.17, 15) is 0 Å². The van der Waals surface area contributed by atoms with Gasteiger partial charge in [-0.15, -0.1) is 6.58 Å². The lowest BCUT2D eigenvalue weighted by Crippen LogP contribution is -2.46. The zero-order valence-electron chi connectivity index (χ0n) is 14.4. The molecule has 0 aliphatic carbocycles. The Morgan fingerprint density at radius 1 is 1.23 bits per heavy atom. The van der Waals surface area contributed by atoms with Crippen LogP contribution in [0.4, 0.5) is 0 Å². The maximum Gasteiger partial charge on any atom is 0.163 e. The topological polar surface area (TPSA) is 18.5 Å². The van der Waals surface area contributed by atoms with E-state index in [0.29, 0.717) is 5.92 Å². The van der Waals surface area contributed by atoms with Gasteiger partial charge in [0.05, 0.1) is 12.2 Å². The molecule has 0 spiro atoms. The average Bonchev–Trinajstić information content (AvgIpc) is 2.52. The molecule has 122 valence electrons. The molecule has 2 rings (SSSR count). The molecule has 0 radical (unpaired) electrons. The van der Waals surface area contributed by atoms with Crippen LogP contribution in [0.25, 0.3) is 0 Å². The van der Waals surface area contributed by atoms with Crippen molar-refractivity contribution in [2.24, 2.45) is 11.3 Å². The van der Waals surface area contributed by atoms with Crippen molar-refractivity contribution in [3.8, 4) is 0 Å². The highest BCUT2D eigenvalue weighted by Gasteiger charge is 2.38. The molecule has 1 aliphatic heterocycles. The molecule has 0 N–H and O–H groups in total. The van der Waals surface area contributed by atoms with Gasteiger partial charge in [-0.1, -0.05) is 64.1 Å². The zero-order valence-corrected chi connectivity index (χ0v) is 14.4. The van der Waals surface area contributed by atoms with Crippen LogP contribution in [0, 0.1) is 11.3 Å². The minimum absolute atomic E-state index is 0.00937. The van der Waals surface area contributed by atoms with E-state index in [4.69, 9.17) is 9.47 Å². The van der Waals surface area contributed by atoms with Gasteiger partial charge in [-0.25, -0.2) is 0 Å². The smallest absolute Gasteiger partial charge is 0.163 e. The van der Waals surface area contributed by atoms with Gasteiger partial charge in [0.25, 0.3) is 0 Å². The van der Waals surface area contributed by atoms with Crippen LogP contribution in [0.2, 0.25) is 0 Å². The first-order chi connectivity index (χ1) is 10.4. The van der Waals surface area contributed by atoms with E-state index in [1.54, 1.807) is 0 Å². The van der Waals surface area contributed by atoms with Crippen molar-refractivity contribution in [2.45, 2.75) is 65.5 Å². The molecule has 1 unspecified atom stereocenters. The highest BCUT2D eigenvalue weighted by Crippen LogP contribution is 2.34. The molecule has 4 atom stereocenters. The number of aryl methyl sites for hydroxylation is 1. The summed E-state index contributed by atoms with van der Waals surface area (Å²) in [6.45, 7) is 12.6. The second kappa shape index (κ2) is 7.43. The third-order valence-electron chi connectivity index (χ3n) is 4.37. The summed E-state index contributed by atoms with van der Waals surface area (Å²) in [5.74, 6) is 0.355. The van der Waals surface area contributed by atoms with Gasteiger partial charge < -0.3 is 9.47 Å². The van der Waals surface area contributed by atoms with Gasteiger partial charge in [0, 0.05) is 17.8 Å². The molecule has 1 saturated heterocycles. The molecule has 0 bridgehead atoms. The van der Waals surface area contributed by atoms with E-state index in [1.807, 2.05) is 6.08 Å². The Kier molecular flexibility index (Phi) is 5.82. The molecule has 1 aromatic rings. The Labute approximate surface area is 135 Å². The Morgan fingerprint density at radius 2 is 1.91 bits per heavy atom. The van der Waals surface area contributed by atoms with Crippen molar-refractivity contribution in [3.63, 3.8) is 0 Å². The predicted molar refractivity (Wildman–Crippen MR) is 91.7 cm³/mol. The number of benzene rings is 1. The van der Waals surface area contributed by atoms with Gasteiger partial charge in [0.15, 0.2) is 6.29 Å². The summed E-state index contributed by atoms with van der Waals surface area (Å²) in [4.78, 5) is 0. The van der Waals surface area contributed by atoms with Gasteiger partial charge in [-0.2, -0.15) is 0 Å². The van der Waals surface area contributed by atoms with Crippen molar-refractivity contribution in [3.05, 3.63) is 48.6 Å². The molecule has 0 saturated carbocycles. The summed E-state index contributed by atoms with van der Waals surface area (Å²) in [7, 11) is 0. The van der Waals surface area contributed by atoms with Gasteiger partial charge in [0.2, 0.25) is 0 Å². The van der Waals surface area contributed by atoms with E-state index >= 15 is 0 Å². The molecule has 1 aromatic carbocycles. The van der Waals surface area contributed by atoms with Crippen molar-refractivity contribution in [1.29, 1.82) is 0 Å². The van der Waals surface area contributed by atoms with Gasteiger partial charge in [-0.05, 0) is 18.4 Å². The third kappa shape index (κ3) is 4.69. The van der Waals surface area contributed by atoms with Gasteiger partial charge in [-0.3, -0.25) is 0 Å². The van der Waals surface area contributed by atoms with Crippen LogP contribution >= 0.6 is 0 Å². The highest BCUT2D eigenvalue weighted by molar-refractivity contribution is 5.14. The lowest BCUT2D eigenvalue weighted by atomic mass is 9.90. The number of ether oxygens (including phenoxy) is 2. The Balaban J connectivity index is 2.00. The Bertz CT molecular complexity index is 460. The first-order valence-electron chi connectivity index (χ1n) is 8.37. The lowest BCUT2D eigenvalue weighted by Gasteiger charge is -2.43. The van der Waals surface area contributed by atoms with Crippen LogP contribution in [0.1, 0.15) is 46.1 Å². The minimum Gasteiger partial charge on any atom is -0.349 e. The molecule has 1 aliphatic rings. The largest absolute Gasteiger partial charge is 0.349 e. The maximum absolute atomic E-state index is 6.24. The summed E-state index contributed by atoms with van der Waals surface area (Å²) in [5, 5.41) is 0. The van der Waals surface area contributed by atoms with Crippen LogP contribution in [0.5, 0.6) is 0 Å². The predicted octanol–water partition coefficient (Wildman–Crippen LogP) is 4.99. The van der Waals surface area contributed by atoms with Gasteiger partial charge in [0.1, 0.15) is 0 Å². The van der Waals surface area contributed by atoms with Crippen LogP contribution < -0.4 is 0 Å². The van der Waals surface area contributed by atoms with E-state index in [0.717, 1.165) is 19.3 Å². The van der Waals surface area contributed by atoms with Crippen molar-refractivity contribution < 1.29 is 9.47 Å². The lowest BCUT2D eigenvalue weighted by molar-refractivity contribution is -0.285.